The van der Waals surface area contributed by atoms with Crippen LogP contribution in [0.5, 0.6) is 5.75 Å². The first kappa shape index (κ1) is 22.5. The van der Waals surface area contributed by atoms with Gasteiger partial charge in [-0.25, -0.2) is 0 Å². The number of amides is 1. The molecule has 0 aliphatic carbocycles. The van der Waals surface area contributed by atoms with E-state index in [0.717, 1.165) is 41.7 Å². The lowest BCUT2D eigenvalue weighted by Gasteiger charge is -2.12. The highest BCUT2D eigenvalue weighted by atomic mass is 16.5. The Morgan fingerprint density at radius 1 is 1.17 bits per heavy atom. The smallest absolute Gasteiger partial charge is 0.223 e. The zero-order valence-electron chi connectivity index (χ0n) is 17.9. The third-order valence-electron chi connectivity index (χ3n) is 5.00. The average molecular weight is 392 g/mol. The highest BCUT2D eigenvalue weighted by Gasteiger charge is 2.11. The van der Waals surface area contributed by atoms with Gasteiger partial charge in [-0.05, 0) is 47.7 Å². The van der Waals surface area contributed by atoms with Crippen LogP contribution in [0.2, 0.25) is 0 Å². The van der Waals surface area contributed by atoms with Crippen molar-refractivity contribution in [3.05, 3.63) is 83.4 Å². The van der Waals surface area contributed by atoms with Gasteiger partial charge >= 0.3 is 0 Å². The number of rotatable bonds is 11. The van der Waals surface area contributed by atoms with Crippen molar-refractivity contribution < 1.29 is 9.53 Å². The maximum atomic E-state index is 12.1. The summed E-state index contributed by atoms with van der Waals surface area (Å²) in [5, 5.41) is 3.03. The third kappa shape index (κ3) is 7.61. The predicted octanol–water partition coefficient (Wildman–Crippen LogP) is 6.22. The number of carbonyl (C=O) groups is 1. The number of aryl methyl sites for hydroxylation is 1. The van der Waals surface area contributed by atoms with Gasteiger partial charge in [0.2, 0.25) is 5.91 Å². The quantitative estimate of drug-likeness (QED) is 0.462. The van der Waals surface area contributed by atoms with E-state index in [1.807, 2.05) is 43.3 Å². The topological polar surface area (TPSA) is 38.3 Å². The summed E-state index contributed by atoms with van der Waals surface area (Å²) in [7, 11) is 0. The van der Waals surface area contributed by atoms with Crippen molar-refractivity contribution >= 4 is 12.0 Å². The molecule has 0 saturated carbocycles. The minimum absolute atomic E-state index is 0.0725. The molecule has 3 nitrogen and oxygen atoms in total. The monoisotopic (exact) mass is 391 g/mol. The molecule has 0 aliphatic heterocycles. The highest BCUT2D eigenvalue weighted by molar-refractivity contribution is 5.78. The van der Waals surface area contributed by atoms with Crippen LogP contribution in [0.3, 0.4) is 0 Å². The molecule has 0 heterocycles. The van der Waals surface area contributed by atoms with E-state index in [1.165, 1.54) is 5.56 Å². The Labute approximate surface area is 175 Å². The number of hydrogen-bond acceptors (Lipinski definition) is 2. The first-order valence-electron chi connectivity index (χ1n) is 10.4. The van der Waals surface area contributed by atoms with Crippen molar-refractivity contribution in [1.29, 1.82) is 0 Å². The van der Waals surface area contributed by atoms with Gasteiger partial charge in [0.05, 0.1) is 0 Å². The van der Waals surface area contributed by atoms with Gasteiger partial charge in [0.25, 0.3) is 0 Å². The number of hydrogen-bond donors (Lipinski definition) is 1. The van der Waals surface area contributed by atoms with Gasteiger partial charge in [0.15, 0.2) is 0 Å². The van der Waals surface area contributed by atoms with Crippen LogP contribution >= 0.6 is 0 Å². The first-order valence-corrected chi connectivity index (χ1v) is 10.4. The van der Waals surface area contributed by atoms with Gasteiger partial charge in [-0.2, -0.15) is 0 Å². The molecule has 2 rings (SSSR count). The van der Waals surface area contributed by atoms with Crippen molar-refractivity contribution in [2.75, 3.05) is 0 Å². The van der Waals surface area contributed by atoms with Crippen LogP contribution in [-0.2, 0) is 17.9 Å². The van der Waals surface area contributed by atoms with E-state index in [4.69, 9.17) is 4.74 Å². The number of ether oxygens (including phenoxy) is 1. The van der Waals surface area contributed by atoms with Crippen LogP contribution in [0.25, 0.3) is 6.08 Å². The molecule has 0 bridgehead atoms. The van der Waals surface area contributed by atoms with Crippen molar-refractivity contribution in [3.63, 3.8) is 0 Å². The number of carbonyl (C=O) groups excluding carboxylic acids is 1. The van der Waals surface area contributed by atoms with Crippen molar-refractivity contribution in [2.24, 2.45) is 5.92 Å². The molecular formula is C26H33NO2. The largest absolute Gasteiger partial charge is 0.489 e. The second-order valence-electron chi connectivity index (χ2n) is 7.48. The van der Waals surface area contributed by atoms with Crippen LogP contribution in [0.15, 0.2) is 61.2 Å². The molecule has 0 saturated heterocycles. The first-order chi connectivity index (χ1) is 14.0. The lowest BCUT2D eigenvalue weighted by molar-refractivity contribution is -0.124. The van der Waals surface area contributed by atoms with Crippen LogP contribution in [0.1, 0.15) is 55.4 Å². The van der Waals surface area contributed by atoms with Gasteiger partial charge in [0, 0.05) is 12.5 Å². The molecule has 3 heteroatoms. The molecule has 1 atom stereocenters. The molecule has 1 amide bonds. The van der Waals surface area contributed by atoms with E-state index in [0.29, 0.717) is 13.2 Å². The number of benzene rings is 2. The van der Waals surface area contributed by atoms with Gasteiger partial charge in [0.1, 0.15) is 12.4 Å². The maximum Gasteiger partial charge on any atom is 0.223 e. The molecule has 2 aromatic rings. The zero-order chi connectivity index (χ0) is 21.1. The Morgan fingerprint density at radius 2 is 1.90 bits per heavy atom. The van der Waals surface area contributed by atoms with Crippen molar-refractivity contribution in [2.45, 2.75) is 53.2 Å². The van der Waals surface area contributed by atoms with Gasteiger partial charge < -0.3 is 10.1 Å². The van der Waals surface area contributed by atoms with Gasteiger partial charge in [-0.1, -0.05) is 81.8 Å². The standard InChI is InChI=1S/C26H33NO2/c1-5-7-9-21(4)26(28)27-18-22-12-14-23(15-13-22)19-29-25-16-11-20(3)24(17-25)10-8-6-2/h6,8,10-17,21H,2,5,7,9,18-19H2,1,3-4H3,(H,27,28)/b10-8-. The molecule has 154 valence electrons. The van der Waals surface area contributed by atoms with Crippen LogP contribution in [0.4, 0.5) is 0 Å². The molecule has 0 aliphatic rings. The Bertz CT molecular complexity index is 821. The SMILES string of the molecule is C=C/C=C\c1cc(OCc2ccc(CNC(=O)C(C)CCCC)cc2)ccc1C. The van der Waals surface area contributed by atoms with E-state index in [-0.39, 0.29) is 11.8 Å². The summed E-state index contributed by atoms with van der Waals surface area (Å²) in [6.07, 6.45) is 8.88. The van der Waals surface area contributed by atoms with Crippen molar-refractivity contribution in [3.8, 4) is 5.75 Å². The summed E-state index contributed by atoms with van der Waals surface area (Å²) in [5.74, 6) is 1.05. The fourth-order valence-electron chi connectivity index (χ4n) is 2.98. The Hall–Kier alpha value is -2.81. The molecule has 2 aromatic carbocycles. The molecule has 0 fully saturated rings. The Balaban J connectivity index is 1.85. The maximum absolute atomic E-state index is 12.1. The molecule has 0 spiro atoms. The summed E-state index contributed by atoms with van der Waals surface area (Å²) in [6.45, 7) is 11.0. The minimum atomic E-state index is 0.0725. The summed E-state index contributed by atoms with van der Waals surface area (Å²) < 4.78 is 5.95. The number of nitrogens with one attached hydrogen (secondary N) is 1. The van der Waals surface area contributed by atoms with Crippen LogP contribution < -0.4 is 10.1 Å². The summed E-state index contributed by atoms with van der Waals surface area (Å²) >= 11 is 0. The Kier molecular flexibility index (Phi) is 9.23. The average Bonchev–Trinajstić information content (AvgIpc) is 2.74. The predicted molar refractivity (Wildman–Crippen MR) is 122 cm³/mol. The second kappa shape index (κ2) is 11.9. The van der Waals surface area contributed by atoms with Gasteiger partial charge in [-0.3, -0.25) is 4.79 Å². The second-order valence-corrected chi connectivity index (χ2v) is 7.48. The summed E-state index contributed by atoms with van der Waals surface area (Å²) in [6, 6.07) is 14.3. The molecule has 0 radical (unpaired) electrons. The summed E-state index contributed by atoms with van der Waals surface area (Å²) in [4.78, 5) is 12.1. The molecule has 1 N–H and O–H groups in total. The fourth-order valence-corrected chi connectivity index (χ4v) is 2.98. The molecular weight excluding hydrogens is 358 g/mol. The molecule has 29 heavy (non-hydrogen) atoms. The lowest BCUT2D eigenvalue weighted by atomic mass is 10.0. The Morgan fingerprint density at radius 3 is 2.59 bits per heavy atom. The number of unbranched alkanes of at least 4 members (excludes halogenated alkanes) is 1. The van der Waals surface area contributed by atoms with E-state index in [9.17, 15) is 4.79 Å². The molecule has 1 unspecified atom stereocenters. The zero-order valence-corrected chi connectivity index (χ0v) is 17.9. The van der Waals surface area contributed by atoms with Crippen molar-refractivity contribution in [1.82, 2.24) is 5.32 Å². The normalized spacial score (nSPS) is 12.0. The van der Waals surface area contributed by atoms with Crippen LogP contribution in [0, 0.1) is 12.8 Å². The van der Waals surface area contributed by atoms with Gasteiger partial charge in [-0.15, -0.1) is 0 Å². The highest BCUT2D eigenvalue weighted by Crippen LogP contribution is 2.20. The van der Waals surface area contributed by atoms with E-state index in [2.05, 4.69) is 43.9 Å². The van der Waals surface area contributed by atoms with Crippen LogP contribution in [-0.4, -0.2) is 5.91 Å². The third-order valence-corrected chi connectivity index (χ3v) is 5.00. The summed E-state index contributed by atoms with van der Waals surface area (Å²) in [5.41, 5.74) is 4.52. The lowest BCUT2D eigenvalue weighted by Crippen LogP contribution is -2.28. The minimum Gasteiger partial charge on any atom is -0.489 e. The van der Waals surface area contributed by atoms with E-state index >= 15 is 0 Å². The van der Waals surface area contributed by atoms with E-state index in [1.54, 1.807) is 6.08 Å². The fraction of sp³-hybridized carbons (Fsp3) is 0.346. The number of allylic oxidation sites excluding steroid dienone is 2. The molecule has 0 aromatic heterocycles. The van der Waals surface area contributed by atoms with E-state index < -0.39 is 0 Å².